The number of nitrogens with zero attached hydrogens (tertiary/aromatic N) is 1. The molecule has 210 valence electrons. The first-order valence-corrected chi connectivity index (χ1v) is 12.9. The smallest absolute Gasteiger partial charge is 0.295 e. The Balaban J connectivity index is 1.89. The van der Waals surface area contributed by atoms with Gasteiger partial charge in [-0.2, -0.15) is 0 Å². The molecule has 0 saturated carbocycles. The molecule has 9 heteroatoms. The van der Waals surface area contributed by atoms with Crippen LogP contribution in [0, 0.1) is 12.8 Å². The fourth-order valence-corrected chi connectivity index (χ4v) is 4.75. The predicted octanol–water partition coefficient (Wildman–Crippen LogP) is 3.29. The van der Waals surface area contributed by atoms with Crippen LogP contribution in [0.25, 0.3) is 5.76 Å². The molecule has 1 aromatic heterocycles. The molecule has 1 atom stereocenters. The van der Waals surface area contributed by atoms with Crippen LogP contribution in [0.5, 0.6) is 23.0 Å². The molecule has 1 fully saturated rings. The topological polar surface area (TPSA) is 112 Å². The number of amides is 1. The summed E-state index contributed by atoms with van der Waals surface area (Å²) in [6, 6.07) is 11.1. The number of ether oxygens (including phenoxy) is 4. The van der Waals surface area contributed by atoms with Crippen molar-refractivity contribution in [1.29, 1.82) is 0 Å². The highest BCUT2D eigenvalue weighted by molar-refractivity contribution is 6.46. The number of aromatic nitrogens is 1. The summed E-state index contributed by atoms with van der Waals surface area (Å²) in [5.41, 5.74) is 2.06. The van der Waals surface area contributed by atoms with E-state index >= 15 is 0 Å². The van der Waals surface area contributed by atoms with Crippen LogP contribution < -0.4 is 29.0 Å². The second kappa shape index (κ2) is 12.1. The van der Waals surface area contributed by atoms with Gasteiger partial charge in [-0.25, -0.2) is 4.98 Å². The fraction of sp³-hybridized carbons (Fsp3) is 0.323. The Morgan fingerprint density at radius 1 is 1.02 bits per heavy atom. The minimum atomic E-state index is -0.988. The third-order valence-electron chi connectivity index (χ3n) is 6.68. The summed E-state index contributed by atoms with van der Waals surface area (Å²) in [5.74, 6) is -0.126. The summed E-state index contributed by atoms with van der Waals surface area (Å²) >= 11 is 0. The van der Waals surface area contributed by atoms with Gasteiger partial charge in [-0.05, 0) is 59.9 Å². The van der Waals surface area contributed by atoms with Gasteiger partial charge in [0, 0.05) is 17.2 Å². The first kappa shape index (κ1) is 28.5. The average molecular weight is 547 g/mol. The monoisotopic (exact) mass is 546 g/mol. The molecule has 1 saturated heterocycles. The fourth-order valence-electron chi connectivity index (χ4n) is 4.75. The standard InChI is InChI=1S/C31H34N2O7/c1-18(2)17-40-22-9-10-23(19(3)12-22)28(34)26-27(21-13-24(37-4)30(39-6)25(14-21)38-5)33(31(36)29(26)35)16-20-8-7-11-32-15-20/h7-15,18,27,34H,16-17H2,1-6H3/b28-26+. The lowest BCUT2D eigenvalue weighted by Gasteiger charge is -2.28. The lowest BCUT2D eigenvalue weighted by Crippen LogP contribution is -2.29. The zero-order valence-electron chi connectivity index (χ0n) is 23.6. The number of aryl methyl sites for hydroxylation is 1. The molecule has 1 N–H and O–H groups in total. The van der Waals surface area contributed by atoms with E-state index in [4.69, 9.17) is 18.9 Å². The van der Waals surface area contributed by atoms with E-state index in [2.05, 4.69) is 4.98 Å². The minimum absolute atomic E-state index is 0.0982. The van der Waals surface area contributed by atoms with Crippen LogP contribution >= 0.6 is 0 Å². The number of hydrogen-bond donors (Lipinski definition) is 0. The first-order valence-electron chi connectivity index (χ1n) is 12.9. The number of ketones is 1. The maximum atomic E-state index is 14.0. The van der Waals surface area contributed by atoms with E-state index in [0.29, 0.717) is 52.2 Å². The first-order chi connectivity index (χ1) is 19.2. The summed E-state index contributed by atoms with van der Waals surface area (Å²) in [6.45, 7) is 6.51. The Kier molecular flexibility index (Phi) is 8.62. The van der Waals surface area contributed by atoms with Crippen molar-refractivity contribution >= 4 is 17.4 Å². The predicted molar refractivity (Wildman–Crippen MR) is 146 cm³/mol. The number of nitrogens with one attached hydrogen (secondary N) is 1. The molecule has 0 radical (unpaired) electrons. The highest BCUT2D eigenvalue weighted by atomic mass is 16.5. The number of H-pyrrole nitrogens is 1. The Bertz CT molecular complexity index is 1410. The molecule has 0 spiro atoms. The van der Waals surface area contributed by atoms with Gasteiger partial charge in [-0.15, -0.1) is 0 Å². The van der Waals surface area contributed by atoms with Gasteiger partial charge in [0.1, 0.15) is 5.75 Å². The van der Waals surface area contributed by atoms with Crippen LogP contribution in [-0.4, -0.2) is 44.5 Å². The Morgan fingerprint density at radius 3 is 2.27 bits per heavy atom. The van der Waals surface area contributed by atoms with Crippen molar-refractivity contribution in [3.05, 3.63) is 82.7 Å². The van der Waals surface area contributed by atoms with Crippen molar-refractivity contribution in [2.45, 2.75) is 33.4 Å². The minimum Gasteiger partial charge on any atom is -0.872 e. The average Bonchev–Trinajstić information content (AvgIpc) is 3.20. The molecule has 1 aliphatic rings. The third kappa shape index (κ3) is 5.59. The molecule has 1 unspecified atom stereocenters. The number of hydrogen-bond acceptors (Lipinski definition) is 7. The number of benzene rings is 2. The molecule has 9 nitrogen and oxygen atoms in total. The van der Waals surface area contributed by atoms with Crippen LogP contribution in [0.1, 0.15) is 42.1 Å². The maximum Gasteiger partial charge on any atom is 0.295 e. The molecular weight excluding hydrogens is 512 g/mol. The van der Waals surface area contributed by atoms with Gasteiger partial charge in [0.05, 0.1) is 40.5 Å². The molecule has 2 heterocycles. The van der Waals surface area contributed by atoms with E-state index < -0.39 is 23.5 Å². The van der Waals surface area contributed by atoms with E-state index in [1.807, 2.05) is 19.9 Å². The van der Waals surface area contributed by atoms with Gasteiger partial charge < -0.3 is 29.0 Å². The summed E-state index contributed by atoms with van der Waals surface area (Å²) in [4.78, 5) is 31.4. The van der Waals surface area contributed by atoms with Gasteiger partial charge in [0.25, 0.3) is 5.91 Å². The SMILES string of the molecule is COc1cc(C2/C(=C(\[O-])c3ccc(OCC(C)C)cc3C)C(=O)C(=O)N2Cc2ccc[nH+]c2)cc(OC)c1OC. The highest BCUT2D eigenvalue weighted by Crippen LogP contribution is 2.46. The molecule has 1 amide bonds. The summed E-state index contributed by atoms with van der Waals surface area (Å²) in [5, 5.41) is 14.0. The Labute approximate surface area is 234 Å². The number of likely N-dealkylation sites (tertiary alicyclic amines) is 1. The second-order valence-corrected chi connectivity index (χ2v) is 9.96. The quantitative estimate of drug-likeness (QED) is 0.218. The third-order valence-corrected chi connectivity index (χ3v) is 6.68. The molecule has 40 heavy (non-hydrogen) atoms. The second-order valence-electron chi connectivity index (χ2n) is 9.96. The summed E-state index contributed by atoms with van der Waals surface area (Å²) in [6.07, 6.45) is 3.49. The number of pyridine rings is 1. The molecule has 0 aliphatic carbocycles. The molecular formula is C31H34N2O7. The number of carbonyl (C=O) groups is 2. The van der Waals surface area contributed by atoms with Gasteiger partial charge in [0.15, 0.2) is 23.9 Å². The lowest BCUT2D eigenvalue weighted by molar-refractivity contribution is -0.378. The Hall–Kier alpha value is -4.53. The molecule has 1 aliphatic heterocycles. The van der Waals surface area contributed by atoms with Crippen molar-refractivity contribution in [2.75, 3.05) is 27.9 Å². The van der Waals surface area contributed by atoms with Gasteiger partial charge in [0.2, 0.25) is 11.5 Å². The van der Waals surface area contributed by atoms with Crippen molar-refractivity contribution in [1.82, 2.24) is 4.90 Å². The molecule has 0 bridgehead atoms. The maximum absolute atomic E-state index is 14.0. The van der Waals surface area contributed by atoms with Crippen LogP contribution in [-0.2, 0) is 16.1 Å². The van der Waals surface area contributed by atoms with Crippen LogP contribution in [0.4, 0.5) is 0 Å². The zero-order chi connectivity index (χ0) is 29.0. The summed E-state index contributed by atoms with van der Waals surface area (Å²) < 4.78 is 22.3. The number of aromatic amines is 1. The van der Waals surface area contributed by atoms with Crippen LogP contribution in [0.15, 0.2) is 60.4 Å². The van der Waals surface area contributed by atoms with Crippen LogP contribution in [0.3, 0.4) is 0 Å². The van der Waals surface area contributed by atoms with Crippen molar-refractivity contribution in [3.63, 3.8) is 0 Å². The van der Waals surface area contributed by atoms with E-state index in [1.165, 1.54) is 26.2 Å². The highest BCUT2D eigenvalue weighted by Gasteiger charge is 2.45. The van der Waals surface area contributed by atoms with E-state index in [9.17, 15) is 14.7 Å². The van der Waals surface area contributed by atoms with E-state index in [0.717, 1.165) is 5.56 Å². The van der Waals surface area contributed by atoms with Crippen molar-refractivity contribution < 1.29 is 38.6 Å². The normalized spacial score (nSPS) is 16.4. The van der Waals surface area contributed by atoms with E-state index in [1.54, 1.807) is 55.7 Å². The largest absolute Gasteiger partial charge is 0.872 e. The van der Waals surface area contributed by atoms with Gasteiger partial charge >= 0.3 is 0 Å². The molecule has 2 aromatic carbocycles. The number of Topliss-reactive ketones (excluding diaryl/α,β-unsaturated/α-hetero) is 1. The van der Waals surface area contributed by atoms with Crippen molar-refractivity contribution in [3.8, 4) is 23.0 Å². The summed E-state index contributed by atoms with van der Waals surface area (Å²) in [7, 11) is 4.44. The Morgan fingerprint density at radius 2 is 1.73 bits per heavy atom. The van der Waals surface area contributed by atoms with Gasteiger partial charge in [-0.3, -0.25) is 9.59 Å². The molecule has 3 aromatic rings. The van der Waals surface area contributed by atoms with Crippen molar-refractivity contribution in [2.24, 2.45) is 5.92 Å². The number of rotatable bonds is 10. The van der Waals surface area contributed by atoms with Gasteiger partial charge in [-0.1, -0.05) is 25.7 Å². The number of carbonyl (C=O) groups excluding carboxylic acids is 2. The molecule has 4 rings (SSSR count). The van der Waals surface area contributed by atoms with Crippen LogP contribution in [0.2, 0.25) is 0 Å². The van der Waals surface area contributed by atoms with E-state index in [-0.39, 0.29) is 12.1 Å². The zero-order valence-corrected chi connectivity index (χ0v) is 23.6. The number of methoxy groups -OCH3 is 3. The lowest BCUT2D eigenvalue weighted by atomic mass is 9.93.